The van der Waals surface area contributed by atoms with Crippen LogP contribution in [0.2, 0.25) is 0 Å². The van der Waals surface area contributed by atoms with Gasteiger partial charge in [-0.2, -0.15) is 0 Å². The van der Waals surface area contributed by atoms with Crippen LogP contribution in [0.1, 0.15) is 16.8 Å². The molecule has 134 valence electrons. The first-order valence-corrected chi connectivity index (χ1v) is 6.78. The molecule has 24 heavy (non-hydrogen) atoms. The molecule has 10 nitrogen and oxygen atoms in total. The molecule has 0 spiro atoms. The Morgan fingerprint density at radius 2 is 1.83 bits per heavy atom. The predicted octanol–water partition coefficient (Wildman–Crippen LogP) is -1.33. The van der Waals surface area contributed by atoms with Crippen LogP contribution in [0, 0.1) is 6.92 Å². The zero-order valence-corrected chi connectivity index (χ0v) is 12.7. The van der Waals surface area contributed by atoms with Gasteiger partial charge in [0.15, 0.2) is 11.9 Å². The van der Waals surface area contributed by atoms with E-state index in [2.05, 4.69) is 9.72 Å². The van der Waals surface area contributed by atoms with E-state index in [-0.39, 0.29) is 19.0 Å². The number of hydrogen-bond donors (Lipinski definition) is 7. The summed E-state index contributed by atoms with van der Waals surface area (Å²) < 4.78 is 4.32. The summed E-state index contributed by atoms with van der Waals surface area (Å²) in [6.07, 6.45) is -1.33. The zero-order chi connectivity index (χ0) is 18.4. The summed E-state index contributed by atoms with van der Waals surface area (Å²) >= 11 is 0. The Labute approximate surface area is 136 Å². The molecule has 2 atom stereocenters. The number of rotatable bonds is 4. The van der Waals surface area contributed by atoms with Crippen LogP contribution >= 0.6 is 0 Å². The van der Waals surface area contributed by atoms with Gasteiger partial charge < -0.3 is 40.5 Å². The summed E-state index contributed by atoms with van der Waals surface area (Å²) in [5.41, 5.74) is 1.27. The number of cyclic esters (lactones) is 1. The van der Waals surface area contributed by atoms with Gasteiger partial charge in [-0.1, -0.05) is 0 Å². The second-order valence-electron chi connectivity index (χ2n) is 4.82. The first kappa shape index (κ1) is 19.6. The summed E-state index contributed by atoms with van der Waals surface area (Å²) in [6.45, 7) is 0.451. The highest BCUT2D eigenvalue weighted by Crippen LogP contribution is 2.23. The lowest BCUT2D eigenvalue weighted by atomic mass is 10.1. The van der Waals surface area contributed by atoms with Crippen LogP contribution < -0.4 is 0 Å². The molecule has 0 fully saturated rings. The summed E-state index contributed by atoms with van der Waals surface area (Å²) in [6, 6.07) is 0. The number of esters is 1. The van der Waals surface area contributed by atoms with Crippen LogP contribution in [0.25, 0.3) is 0 Å². The van der Waals surface area contributed by atoms with Crippen molar-refractivity contribution in [1.82, 2.24) is 4.98 Å². The van der Waals surface area contributed by atoms with Crippen LogP contribution in [0.5, 0.6) is 5.75 Å². The molecule has 0 amide bonds. The summed E-state index contributed by atoms with van der Waals surface area (Å²) in [5.74, 6) is -2.82. The van der Waals surface area contributed by atoms with Gasteiger partial charge in [-0.05, 0) is 6.92 Å². The molecule has 7 N–H and O–H groups in total. The van der Waals surface area contributed by atoms with E-state index in [9.17, 15) is 9.90 Å². The molecule has 1 aliphatic rings. The largest absolute Gasteiger partial charge is 0.506 e. The predicted molar refractivity (Wildman–Crippen MR) is 77.7 cm³/mol. The van der Waals surface area contributed by atoms with Crippen LogP contribution in [-0.2, 0) is 22.7 Å². The topological polar surface area (TPSA) is 181 Å². The number of aliphatic hydroxyl groups excluding tert-OH is 6. The van der Waals surface area contributed by atoms with Gasteiger partial charge in [-0.25, -0.2) is 4.79 Å². The number of aryl methyl sites for hydroxylation is 1. The summed E-state index contributed by atoms with van der Waals surface area (Å²) in [5, 5.41) is 62.1. The average Bonchev–Trinajstić information content (AvgIpc) is 2.84. The maximum Gasteiger partial charge on any atom is 0.377 e. The molecule has 0 bridgehead atoms. The quantitative estimate of drug-likeness (QED) is 0.323. The smallest absolute Gasteiger partial charge is 0.377 e. The molecule has 0 aliphatic carbocycles. The van der Waals surface area contributed by atoms with Crippen molar-refractivity contribution in [2.24, 2.45) is 0 Å². The molecule has 1 aromatic heterocycles. The van der Waals surface area contributed by atoms with Crippen LogP contribution in [0.4, 0.5) is 0 Å². The molecule has 0 saturated heterocycles. The van der Waals surface area contributed by atoms with Crippen LogP contribution in [0.15, 0.2) is 17.7 Å². The van der Waals surface area contributed by atoms with E-state index >= 15 is 0 Å². The lowest BCUT2D eigenvalue weighted by Crippen LogP contribution is -2.31. The Hall–Kier alpha value is -2.40. The minimum absolute atomic E-state index is 0.0379. The maximum absolute atomic E-state index is 10.5. The van der Waals surface area contributed by atoms with Crippen molar-refractivity contribution in [3.8, 4) is 5.75 Å². The number of aromatic hydroxyl groups is 1. The van der Waals surface area contributed by atoms with Crippen LogP contribution in [0.3, 0.4) is 0 Å². The molecule has 0 aromatic carbocycles. The molecule has 10 heteroatoms. The molecule has 1 aromatic rings. The third kappa shape index (κ3) is 4.11. The van der Waals surface area contributed by atoms with Gasteiger partial charge in [-0.3, -0.25) is 4.98 Å². The second kappa shape index (κ2) is 8.45. The van der Waals surface area contributed by atoms with Gasteiger partial charge in [-0.15, -0.1) is 0 Å². The molecule has 1 aliphatic heterocycles. The number of carbonyl (C=O) groups is 1. The number of aromatic nitrogens is 1. The number of aliphatic hydroxyl groups is 6. The number of hydrogen-bond acceptors (Lipinski definition) is 10. The fourth-order valence-electron chi connectivity index (χ4n) is 1.82. The van der Waals surface area contributed by atoms with Crippen molar-refractivity contribution in [2.45, 2.75) is 32.3 Å². The lowest BCUT2D eigenvalue weighted by Gasteiger charge is -2.13. The highest BCUT2D eigenvalue weighted by atomic mass is 16.6. The molecular formula is C14H19NO9. The van der Waals surface area contributed by atoms with E-state index in [1.165, 1.54) is 6.20 Å². The number of carbonyl (C=O) groups excluding carboxylic acids is 1. The Morgan fingerprint density at radius 3 is 2.25 bits per heavy atom. The van der Waals surface area contributed by atoms with Gasteiger partial charge in [0.2, 0.25) is 5.76 Å². The lowest BCUT2D eigenvalue weighted by molar-refractivity contribution is -0.147. The fraction of sp³-hybridized carbons (Fsp3) is 0.429. The van der Waals surface area contributed by atoms with Crippen molar-refractivity contribution in [2.75, 3.05) is 6.61 Å². The second-order valence-corrected chi connectivity index (χ2v) is 4.82. The van der Waals surface area contributed by atoms with Gasteiger partial charge in [0.1, 0.15) is 11.9 Å². The van der Waals surface area contributed by atoms with Gasteiger partial charge >= 0.3 is 5.97 Å². The Bertz CT molecular complexity index is 629. The minimum Gasteiger partial charge on any atom is -0.506 e. The highest BCUT2D eigenvalue weighted by molar-refractivity contribution is 5.89. The Kier molecular flexibility index (Phi) is 6.92. The van der Waals surface area contributed by atoms with Crippen molar-refractivity contribution >= 4 is 5.97 Å². The first-order valence-electron chi connectivity index (χ1n) is 6.78. The van der Waals surface area contributed by atoms with Crippen molar-refractivity contribution in [3.63, 3.8) is 0 Å². The average molecular weight is 345 g/mol. The minimum atomic E-state index is -1.42. The number of nitrogens with zero attached hydrogens (tertiary/aromatic N) is 1. The third-order valence-electron chi connectivity index (χ3n) is 3.23. The Morgan fingerprint density at radius 1 is 1.21 bits per heavy atom. The van der Waals surface area contributed by atoms with E-state index in [0.29, 0.717) is 16.8 Å². The van der Waals surface area contributed by atoms with Crippen molar-refractivity contribution in [1.29, 1.82) is 0 Å². The number of pyridine rings is 1. The SMILES string of the molecule is Cc1ncc(CO)c(CO)c1O.O=C1OC(C(O)CO)C(O)=C1O. The molecular weight excluding hydrogens is 326 g/mol. The van der Waals surface area contributed by atoms with Crippen molar-refractivity contribution in [3.05, 3.63) is 34.5 Å². The zero-order valence-electron chi connectivity index (χ0n) is 12.7. The fourth-order valence-corrected chi connectivity index (χ4v) is 1.82. The van der Waals surface area contributed by atoms with E-state index in [1.807, 2.05) is 0 Å². The number of ether oxygens (including phenoxy) is 1. The van der Waals surface area contributed by atoms with E-state index in [0.717, 1.165) is 0 Å². The summed E-state index contributed by atoms with van der Waals surface area (Å²) in [4.78, 5) is 14.4. The maximum atomic E-state index is 10.5. The molecule has 0 radical (unpaired) electrons. The molecule has 2 heterocycles. The first-order chi connectivity index (χ1) is 11.3. The van der Waals surface area contributed by atoms with Crippen molar-refractivity contribution < 1.29 is 45.3 Å². The van der Waals surface area contributed by atoms with Gasteiger partial charge in [0.05, 0.1) is 25.5 Å². The van der Waals surface area contributed by atoms with Gasteiger partial charge in [0.25, 0.3) is 0 Å². The van der Waals surface area contributed by atoms with Crippen LogP contribution in [-0.4, -0.2) is 65.5 Å². The highest BCUT2D eigenvalue weighted by Gasteiger charge is 2.38. The molecule has 2 rings (SSSR count). The van der Waals surface area contributed by atoms with E-state index in [1.54, 1.807) is 6.92 Å². The van der Waals surface area contributed by atoms with E-state index < -0.39 is 36.3 Å². The normalized spacial score (nSPS) is 18.0. The molecule has 2 unspecified atom stereocenters. The van der Waals surface area contributed by atoms with Gasteiger partial charge in [0, 0.05) is 17.3 Å². The monoisotopic (exact) mass is 345 g/mol. The third-order valence-corrected chi connectivity index (χ3v) is 3.23. The molecule has 0 saturated carbocycles. The van der Waals surface area contributed by atoms with E-state index in [4.69, 9.17) is 30.6 Å². The Balaban J connectivity index is 0.000000240. The summed E-state index contributed by atoms with van der Waals surface area (Å²) in [7, 11) is 0. The standard InChI is InChI=1S/C8H11NO3.C6H8O6/c1-5-8(12)7(4-11)6(3-10)2-9-5;7-1-2(8)5-3(9)4(10)6(11)12-5/h2,10-12H,3-4H2,1H3;2,5,7-10H,1H2.